The standard InChI is InChI=1S/C16H26N2/c1-14(15-8-4-3-5-9-15)17-12-11-16-10-6-7-13-18(16)2/h3-5,8-9,14,16-17H,6-7,10-13H2,1-2H3/t14-,16?/m1/s1. The molecule has 1 N–H and O–H groups in total. The molecule has 1 aromatic rings. The molecule has 1 aliphatic heterocycles. The van der Waals surface area contributed by atoms with Crippen LogP contribution in [0.2, 0.25) is 0 Å². The lowest BCUT2D eigenvalue weighted by molar-refractivity contribution is 0.174. The van der Waals surface area contributed by atoms with Gasteiger partial charge in [-0.05, 0) is 51.9 Å². The summed E-state index contributed by atoms with van der Waals surface area (Å²) in [7, 11) is 2.27. The molecule has 0 bridgehead atoms. The highest BCUT2D eigenvalue weighted by Crippen LogP contribution is 2.18. The van der Waals surface area contributed by atoms with E-state index in [1.807, 2.05) is 0 Å². The lowest BCUT2D eigenvalue weighted by atomic mass is 10.00. The number of hydrogen-bond acceptors (Lipinski definition) is 2. The van der Waals surface area contributed by atoms with Gasteiger partial charge in [0.2, 0.25) is 0 Å². The molecule has 0 saturated carbocycles. The monoisotopic (exact) mass is 246 g/mol. The van der Waals surface area contributed by atoms with E-state index in [0.29, 0.717) is 6.04 Å². The van der Waals surface area contributed by atoms with Crippen LogP contribution >= 0.6 is 0 Å². The number of nitrogens with one attached hydrogen (secondary N) is 1. The zero-order valence-electron chi connectivity index (χ0n) is 11.7. The van der Waals surface area contributed by atoms with Gasteiger partial charge < -0.3 is 10.2 Å². The second-order valence-electron chi connectivity index (χ2n) is 5.51. The summed E-state index contributed by atoms with van der Waals surface area (Å²) in [6.45, 7) is 4.64. The first-order chi connectivity index (χ1) is 8.77. The molecule has 1 aromatic carbocycles. The van der Waals surface area contributed by atoms with Crippen molar-refractivity contribution in [2.45, 2.75) is 44.7 Å². The van der Waals surface area contributed by atoms with E-state index in [1.165, 1.54) is 37.8 Å². The van der Waals surface area contributed by atoms with Crippen molar-refractivity contribution in [3.63, 3.8) is 0 Å². The molecule has 1 aliphatic rings. The molecule has 1 unspecified atom stereocenters. The zero-order valence-corrected chi connectivity index (χ0v) is 11.7. The Labute approximate surface area is 111 Å². The fraction of sp³-hybridized carbons (Fsp3) is 0.625. The molecule has 2 rings (SSSR count). The van der Waals surface area contributed by atoms with E-state index in [9.17, 15) is 0 Å². The van der Waals surface area contributed by atoms with Crippen LogP contribution in [0.3, 0.4) is 0 Å². The van der Waals surface area contributed by atoms with E-state index < -0.39 is 0 Å². The highest BCUT2D eigenvalue weighted by Gasteiger charge is 2.18. The van der Waals surface area contributed by atoms with Crippen LogP contribution in [0.15, 0.2) is 30.3 Å². The van der Waals surface area contributed by atoms with E-state index >= 15 is 0 Å². The summed E-state index contributed by atoms with van der Waals surface area (Å²) in [5, 5.41) is 3.64. The molecule has 2 heteroatoms. The Morgan fingerprint density at radius 2 is 2.06 bits per heavy atom. The minimum atomic E-state index is 0.458. The van der Waals surface area contributed by atoms with Gasteiger partial charge in [0.1, 0.15) is 0 Å². The summed E-state index contributed by atoms with van der Waals surface area (Å²) >= 11 is 0. The predicted octanol–water partition coefficient (Wildman–Crippen LogP) is 3.21. The fourth-order valence-electron chi connectivity index (χ4n) is 2.83. The average molecular weight is 246 g/mol. The zero-order chi connectivity index (χ0) is 12.8. The first kappa shape index (κ1) is 13.6. The highest BCUT2D eigenvalue weighted by atomic mass is 15.1. The van der Waals surface area contributed by atoms with Crippen LogP contribution in [0.1, 0.15) is 44.2 Å². The van der Waals surface area contributed by atoms with Gasteiger partial charge >= 0.3 is 0 Å². The average Bonchev–Trinajstić information content (AvgIpc) is 2.42. The van der Waals surface area contributed by atoms with Crippen molar-refractivity contribution in [3.8, 4) is 0 Å². The molecule has 1 saturated heterocycles. The molecule has 0 amide bonds. The Balaban J connectivity index is 1.71. The van der Waals surface area contributed by atoms with Gasteiger partial charge in [-0.3, -0.25) is 0 Å². The van der Waals surface area contributed by atoms with Gasteiger partial charge in [0.05, 0.1) is 0 Å². The normalized spacial score (nSPS) is 22.9. The Kier molecular flexibility index (Phi) is 5.21. The third-order valence-corrected chi connectivity index (χ3v) is 4.15. The van der Waals surface area contributed by atoms with Crippen LogP contribution < -0.4 is 5.32 Å². The number of hydrogen-bond donors (Lipinski definition) is 1. The van der Waals surface area contributed by atoms with Crippen LogP contribution in [0.5, 0.6) is 0 Å². The maximum atomic E-state index is 3.64. The Hall–Kier alpha value is -0.860. The van der Waals surface area contributed by atoms with Crippen LogP contribution in [0.25, 0.3) is 0 Å². The van der Waals surface area contributed by atoms with Gasteiger partial charge in [-0.15, -0.1) is 0 Å². The largest absolute Gasteiger partial charge is 0.310 e. The lowest BCUT2D eigenvalue weighted by Crippen LogP contribution is -2.38. The smallest absolute Gasteiger partial charge is 0.0291 e. The van der Waals surface area contributed by atoms with Crippen molar-refractivity contribution in [1.29, 1.82) is 0 Å². The summed E-state index contributed by atoms with van der Waals surface area (Å²) in [5.41, 5.74) is 1.38. The molecule has 0 spiro atoms. The summed E-state index contributed by atoms with van der Waals surface area (Å²) in [6.07, 6.45) is 5.43. The number of piperidine rings is 1. The van der Waals surface area contributed by atoms with Crippen LogP contribution in [-0.4, -0.2) is 31.1 Å². The lowest BCUT2D eigenvalue weighted by Gasteiger charge is -2.32. The first-order valence-corrected chi connectivity index (χ1v) is 7.26. The molecule has 2 nitrogen and oxygen atoms in total. The van der Waals surface area contributed by atoms with Crippen molar-refractivity contribution in [2.75, 3.05) is 20.1 Å². The maximum absolute atomic E-state index is 3.64. The van der Waals surface area contributed by atoms with Gasteiger partial charge in [0.25, 0.3) is 0 Å². The Morgan fingerprint density at radius 1 is 1.28 bits per heavy atom. The molecule has 2 atom stereocenters. The van der Waals surface area contributed by atoms with E-state index in [1.54, 1.807) is 0 Å². The molecule has 18 heavy (non-hydrogen) atoms. The first-order valence-electron chi connectivity index (χ1n) is 7.26. The molecule has 100 valence electrons. The van der Waals surface area contributed by atoms with Crippen molar-refractivity contribution in [1.82, 2.24) is 10.2 Å². The fourth-order valence-corrected chi connectivity index (χ4v) is 2.83. The molecular formula is C16H26N2. The third kappa shape index (κ3) is 3.82. The van der Waals surface area contributed by atoms with Gasteiger partial charge in [-0.1, -0.05) is 36.8 Å². The molecule has 0 aliphatic carbocycles. The predicted molar refractivity (Wildman–Crippen MR) is 77.7 cm³/mol. The number of likely N-dealkylation sites (tertiary alicyclic amines) is 1. The maximum Gasteiger partial charge on any atom is 0.0291 e. The van der Waals surface area contributed by atoms with Crippen molar-refractivity contribution >= 4 is 0 Å². The van der Waals surface area contributed by atoms with Crippen molar-refractivity contribution in [2.24, 2.45) is 0 Å². The summed E-state index contributed by atoms with van der Waals surface area (Å²) in [5.74, 6) is 0. The van der Waals surface area contributed by atoms with E-state index in [-0.39, 0.29) is 0 Å². The Morgan fingerprint density at radius 3 is 2.78 bits per heavy atom. The second kappa shape index (κ2) is 6.91. The minimum Gasteiger partial charge on any atom is -0.310 e. The highest BCUT2D eigenvalue weighted by molar-refractivity contribution is 5.17. The summed E-state index contributed by atoms with van der Waals surface area (Å²) in [6, 6.07) is 11.9. The summed E-state index contributed by atoms with van der Waals surface area (Å²) in [4.78, 5) is 2.53. The quantitative estimate of drug-likeness (QED) is 0.858. The van der Waals surface area contributed by atoms with Crippen LogP contribution in [-0.2, 0) is 0 Å². The topological polar surface area (TPSA) is 15.3 Å². The van der Waals surface area contributed by atoms with Gasteiger partial charge in [-0.2, -0.15) is 0 Å². The number of benzene rings is 1. The van der Waals surface area contributed by atoms with E-state index in [2.05, 4.69) is 54.5 Å². The van der Waals surface area contributed by atoms with E-state index in [4.69, 9.17) is 0 Å². The summed E-state index contributed by atoms with van der Waals surface area (Å²) < 4.78 is 0. The molecule has 1 heterocycles. The second-order valence-corrected chi connectivity index (χ2v) is 5.51. The van der Waals surface area contributed by atoms with Gasteiger partial charge in [-0.25, -0.2) is 0 Å². The van der Waals surface area contributed by atoms with Gasteiger partial charge in [0, 0.05) is 12.1 Å². The molecule has 0 radical (unpaired) electrons. The third-order valence-electron chi connectivity index (χ3n) is 4.15. The molecule has 0 aromatic heterocycles. The number of nitrogens with zero attached hydrogens (tertiary/aromatic N) is 1. The van der Waals surface area contributed by atoms with Crippen molar-refractivity contribution in [3.05, 3.63) is 35.9 Å². The van der Waals surface area contributed by atoms with Crippen LogP contribution in [0.4, 0.5) is 0 Å². The van der Waals surface area contributed by atoms with E-state index in [0.717, 1.165) is 12.6 Å². The minimum absolute atomic E-state index is 0.458. The van der Waals surface area contributed by atoms with Crippen molar-refractivity contribution < 1.29 is 0 Å². The van der Waals surface area contributed by atoms with Crippen LogP contribution in [0, 0.1) is 0 Å². The number of rotatable bonds is 5. The Bertz CT molecular complexity index is 336. The van der Waals surface area contributed by atoms with Gasteiger partial charge in [0.15, 0.2) is 0 Å². The molecular weight excluding hydrogens is 220 g/mol. The SMILES string of the molecule is C[C@@H](NCCC1CCCCN1C)c1ccccc1. The molecule has 1 fully saturated rings.